The van der Waals surface area contributed by atoms with E-state index >= 15 is 0 Å². The summed E-state index contributed by atoms with van der Waals surface area (Å²) >= 11 is 5.65. The summed E-state index contributed by atoms with van der Waals surface area (Å²) in [5, 5.41) is 3.38. The number of hydrogen-bond acceptors (Lipinski definition) is 3. The molecule has 112 valence electrons. The topological polar surface area (TPSA) is 30.5 Å². The average Bonchev–Trinajstić information content (AvgIpc) is 2.50. The lowest BCUT2D eigenvalue weighted by molar-refractivity contribution is 0.354. The molecule has 0 aliphatic heterocycles. The van der Waals surface area contributed by atoms with Crippen LogP contribution in [-0.4, -0.2) is 14.2 Å². The fourth-order valence-corrected chi connectivity index (χ4v) is 2.11. The van der Waals surface area contributed by atoms with Gasteiger partial charge in [-0.05, 0) is 35.4 Å². The first-order valence-electron chi connectivity index (χ1n) is 6.49. The summed E-state index contributed by atoms with van der Waals surface area (Å²) in [5.74, 6) is 0.984. The molecule has 0 aliphatic carbocycles. The van der Waals surface area contributed by atoms with Gasteiger partial charge in [0.1, 0.15) is 5.82 Å². The van der Waals surface area contributed by atoms with Gasteiger partial charge in [0.15, 0.2) is 11.5 Å². The van der Waals surface area contributed by atoms with Crippen molar-refractivity contribution in [2.45, 2.75) is 13.1 Å². The monoisotopic (exact) mass is 309 g/mol. The number of methoxy groups -OCH3 is 2. The Labute approximate surface area is 128 Å². The predicted octanol–water partition coefficient (Wildman–Crippen LogP) is 3.79. The number of rotatable bonds is 6. The third-order valence-electron chi connectivity index (χ3n) is 3.09. The van der Waals surface area contributed by atoms with E-state index in [1.165, 1.54) is 6.07 Å². The van der Waals surface area contributed by atoms with Gasteiger partial charge in [-0.3, -0.25) is 0 Å². The van der Waals surface area contributed by atoms with E-state index in [2.05, 4.69) is 5.32 Å². The summed E-state index contributed by atoms with van der Waals surface area (Å²) in [4.78, 5) is 0. The number of halogens is 2. The van der Waals surface area contributed by atoms with Gasteiger partial charge in [0, 0.05) is 13.1 Å². The Morgan fingerprint density at radius 3 is 2.19 bits per heavy atom. The highest BCUT2D eigenvalue weighted by Crippen LogP contribution is 2.27. The zero-order chi connectivity index (χ0) is 15.2. The first-order chi connectivity index (χ1) is 10.1. The second-order valence-electron chi connectivity index (χ2n) is 4.54. The lowest BCUT2D eigenvalue weighted by atomic mass is 10.2. The SMILES string of the molecule is COc1ccc(CNCc2ccc(Cl)c(F)c2)cc1OC. The Bertz CT molecular complexity index is 619. The highest BCUT2D eigenvalue weighted by Gasteiger charge is 2.05. The molecule has 0 spiro atoms. The second kappa shape index (κ2) is 7.29. The minimum absolute atomic E-state index is 0.138. The summed E-state index contributed by atoms with van der Waals surface area (Å²) in [6, 6.07) is 10.5. The summed E-state index contributed by atoms with van der Waals surface area (Å²) in [5.41, 5.74) is 1.90. The van der Waals surface area contributed by atoms with Crippen LogP contribution >= 0.6 is 11.6 Å². The molecule has 0 aliphatic rings. The van der Waals surface area contributed by atoms with Crippen LogP contribution in [-0.2, 0) is 13.1 Å². The highest BCUT2D eigenvalue weighted by molar-refractivity contribution is 6.30. The maximum Gasteiger partial charge on any atom is 0.161 e. The van der Waals surface area contributed by atoms with Gasteiger partial charge in [-0.2, -0.15) is 0 Å². The summed E-state index contributed by atoms with van der Waals surface area (Å²) in [7, 11) is 3.20. The zero-order valence-corrected chi connectivity index (χ0v) is 12.7. The van der Waals surface area contributed by atoms with Crippen molar-refractivity contribution in [3.05, 3.63) is 58.4 Å². The molecule has 0 saturated carbocycles. The molecule has 0 heterocycles. The maximum atomic E-state index is 13.3. The smallest absolute Gasteiger partial charge is 0.161 e. The van der Waals surface area contributed by atoms with Crippen LogP contribution in [0.2, 0.25) is 5.02 Å². The summed E-state index contributed by atoms with van der Waals surface area (Å²) in [6.45, 7) is 1.20. The lowest BCUT2D eigenvalue weighted by Crippen LogP contribution is -2.13. The molecule has 2 aromatic rings. The van der Waals surface area contributed by atoms with Crippen molar-refractivity contribution >= 4 is 11.6 Å². The molecule has 0 amide bonds. The van der Waals surface area contributed by atoms with Crippen LogP contribution in [0.4, 0.5) is 4.39 Å². The van der Waals surface area contributed by atoms with E-state index in [9.17, 15) is 4.39 Å². The van der Waals surface area contributed by atoms with Crippen LogP contribution < -0.4 is 14.8 Å². The normalized spacial score (nSPS) is 10.5. The minimum Gasteiger partial charge on any atom is -0.493 e. The third kappa shape index (κ3) is 4.09. The second-order valence-corrected chi connectivity index (χ2v) is 4.95. The molecule has 0 atom stereocenters. The van der Waals surface area contributed by atoms with E-state index in [1.54, 1.807) is 26.4 Å². The molecule has 0 saturated heterocycles. The Balaban J connectivity index is 1.95. The largest absolute Gasteiger partial charge is 0.493 e. The number of nitrogens with one attached hydrogen (secondary N) is 1. The fourth-order valence-electron chi connectivity index (χ4n) is 1.99. The van der Waals surface area contributed by atoms with Gasteiger partial charge < -0.3 is 14.8 Å². The molecule has 0 bridgehead atoms. The molecule has 0 radical (unpaired) electrons. The van der Waals surface area contributed by atoms with Crippen LogP contribution in [0.5, 0.6) is 11.5 Å². The fraction of sp³-hybridized carbons (Fsp3) is 0.250. The molecule has 0 aromatic heterocycles. The van der Waals surface area contributed by atoms with Crippen LogP contribution in [0, 0.1) is 5.82 Å². The predicted molar refractivity (Wildman–Crippen MR) is 81.5 cm³/mol. The lowest BCUT2D eigenvalue weighted by Gasteiger charge is -2.10. The molecule has 2 aromatic carbocycles. The van der Waals surface area contributed by atoms with Crippen molar-refractivity contribution in [3.63, 3.8) is 0 Å². The maximum absolute atomic E-state index is 13.3. The van der Waals surface area contributed by atoms with Gasteiger partial charge in [0.25, 0.3) is 0 Å². The number of hydrogen-bond donors (Lipinski definition) is 1. The van der Waals surface area contributed by atoms with Crippen molar-refractivity contribution in [3.8, 4) is 11.5 Å². The quantitative estimate of drug-likeness (QED) is 0.880. The van der Waals surface area contributed by atoms with Gasteiger partial charge in [0.2, 0.25) is 0 Å². The third-order valence-corrected chi connectivity index (χ3v) is 3.40. The van der Waals surface area contributed by atoms with E-state index in [1.807, 2.05) is 18.2 Å². The minimum atomic E-state index is -0.401. The first kappa shape index (κ1) is 15.6. The molecular weight excluding hydrogens is 293 g/mol. The van der Waals surface area contributed by atoms with E-state index in [0.29, 0.717) is 24.6 Å². The van der Waals surface area contributed by atoms with E-state index in [0.717, 1.165) is 11.1 Å². The van der Waals surface area contributed by atoms with Gasteiger partial charge in [-0.25, -0.2) is 4.39 Å². The molecule has 2 rings (SSSR count). The Hall–Kier alpha value is -1.78. The highest BCUT2D eigenvalue weighted by atomic mass is 35.5. The van der Waals surface area contributed by atoms with Crippen LogP contribution in [0.1, 0.15) is 11.1 Å². The molecule has 3 nitrogen and oxygen atoms in total. The van der Waals surface area contributed by atoms with Crippen molar-refractivity contribution in [2.24, 2.45) is 0 Å². The summed E-state index contributed by atoms with van der Waals surface area (Å²) in [6.07, 6.45) is 0. The molecule has 0 unspecified atom stereocenters. The molecule has 0 fully saturated rings. The van der Waals surface area contributed by atoms with E-state index < -0.39 is 5.82 Å². The number of benzene rings is 2. The van der Waals surface area contributed by atoms with Gasteiger partial charge in [0.05, 0.1) is 19.2 Å². The van der Waals surface area contributed by atoms with Crippen LogP contribution in [0.3, 0.4) is 0 Å². The Kier molecular flexibility index (Phi) is 5.42. The van der Waals surface area contributed by atoms with Crippen LogP contribution in [0.15, 0.2) is 36.4 Å². The van der Waals surface area contributed by atoms with Gasteiger partial charge >= 0.3 is 0 Å². The van der Waals surface area contributed by atoms with Crippen molar-refractivity contribution in [2.75, 3.05) is 14.2 Å². The Morgan fingerprint density at radius 1 is 0.952 bits per heavy atom. The standard InChI is InChI=1S/C16H17ClFNO2/c1-20-15-6-4-12(8-16(15)21-2)10-19-9-11-3-5-13(17)14(18)7-11/h3-8,19H,9-10H2,1-2H3. The molecular formula is C16H17ClFNO2. The van der Waals surface area contributed by atoms with Gasteiger partial charge in [-0.15, -0.1) is 0 Å². The molecule has 5 heteroatoms. The van der Waals surface area contributed by atoms with E-state index in [4.69, 9.17) is 21.1 Å². The number of ether oxygens (including phenoxy) is 2. The Morgan fingerprint density at radius 2 is 1.57 bits per heavy atom. The average molecular weight is 310 g/mol. The van der Waals surface area contributed by atoms with Gasteiger partial charge in [-0.1, -0.05) is 23.7 Å². The van der Waals surface area contributed by atoms with E-state index in [-0.39, 0.29) is 5.02 Å². The molecule has 21 heavy (non-hydrogen) atoms. The van der Waals surface area contributed by atoms with Crippen LogP contribution in [0.25, 0.3) is 0 Å². The zero-order valence-electron chi connectivity index (χ0n) is 12.0. The molecule has 1 N–H and O–H groups in total. The summed E-state index contributed by atoms with van der Waals surface area (Å²) < 4.78 is 23.8. The van der Waals surface area contributed by atoms with Crippen molar-refractivity contribution in [1.82, 2.24) is 5.32 Å². The van der Waals surface area contributed by atoms with Crippen molar-refractivity contribution in [1.29, 1.82) is 0 Å². The first-order valence-corrected chi connectivity index (χ1v) is 6.87. The van der Waals surface area contributed by atoms with Crippen molar-refractivity contribution < 1.29 is 13.9 Å².